The van der Waals surface area contributed by atoms with Crippen LogP contribution in [0.1, 0.15) is 65.7 Å². The molecule has 2 atom stereocenters. The van der Waals surface area contributed by atoms with E-state index in [0.29, 0.717) is 54.2 Å². The van der Waals surface area contributed by atoms with Crippen LogP contribution < -0.4 is 4.90 Å². The van der Waals surface area contributed by atoms with Gasteiger partial charge < -0.3 is 15.0 Å². The lowest BCUT2D eigenvalue weighted by molar-refractivity contribution is -0.138. The molecule has 0 amide bonds. The fourth-order valence-corrected chi connectivity index (χ4v) is 7.14. The van der Waals surface area contributed by atoms with Crippen LogP contribution in [0.4, 0.5) is 27.8 Å². The van der Waals surface area contributed by atoms with E-state index in [1.807, 2.05) is 42.8 Å². The van der Waals surface area contributed by atoms with E-state index >= 15 is 8.78 Å². The fraction of sp³-hybridized carbons (Fsp3) is 0.355. The zero-order valence-electron chi connectivity index (χ0n) is 23.2. The summed E-state index contributed by atoms with van der Waals surface area (Å²) in [5.41, 5.74) is 2.98. The monoisotopic (exact) mass is 581 g/mol. The van der Waals surface area contributed by atoms with Crippen LogP contribution in [0.2, 0.25) is 0 Å². The summed E-state index contributed by atoms with van der Waals surface area (Å²) >= 11 is 0. The van der Waals surface area contributed by atoms with Crippen molar-refractivity contribution in [1.29, 1.82) is 0 Å². The number of benzene rings is 1. The van der Waals surface area contributed by atoms with Gasteiger partial charge in [0.15, 0.2) is 11.6 Å². The third kappa shape index (κ3) is 3.34. The van der Waals surface area contributed by atoms with Crippen molar-refractivity contribution in [1.82, 2.24) is 19.7 Å². The van der Waals surface area contributed by atoms with Gasteiger partial charge in [0.25, 0.3) is 0 Å². The minimum atomic E-state index is -4.71. The molecule has 5 heterocycles. The SMILES string of the molecule is CCc1cccc2c1-n1nc3c(c1C1(C)C2=C(F)C(C)(CO)c2[nH]ccc21)CN(c1ncc(C(F)(F)F)cc1F)CC3. The first-order valence-corrected chi connectivity index (χ1v) is 13.9. The maximum atomic E-state index is 17.0. The van der Waals surface area contributed by atoms with E-state index < -0.39 is 40.8 Å². The van der Waals surface area contributed by atoms with Crippen LogP contribution in [-0.2, 0) is 36.4 Å². The molecule has 4 aromatic rings. The van der Waals surface area contributed by atoms with Crippen LogP contribution in [-0.4, -0.2) is 38.0 Å². The Morgan fingerprint density at radius 3 is 2.62 bits per heavy atom. The normalized spacial score (nSPS) is 22.8. The number of anilines is 1. The van der Waals surface area contributed by atoms with Crippen molar-refractivity contribution in [2.45, 2.75) is 57.2 Å². The minimum absolute atomic E-state index is 0.130. The second kappa shape index (κ2) is 8.76. The Kier molecular flexibility index (Phi) is 5.61. The van der Waals surface area contributed by atoms with E-state index in [1.165, 1.54) is 0 Å². The van der Waals surface area contributed by atoms with Crippen LogP contribution in [0.25, 0.3) is 11.3 Å². The zero-order valence-corrected chi connectivity index (χ0v) is 23.2. The maximum Gasteiger partial charge on any atom is 0.417 e. The number of pyridine rings is 1. The van der Waals surface area contributed by atoms with Gasteiger partial charge in [-0.05, 0) is 43.5 Å². The van der Waals surface area contributed by atoms with Gasteiger partial charge in [-0.2, -0.15) is 18.3 Å². The molecule has 2 N–H and O–H groups in total. The Morgan fingerprint density at radius 1 is 1.14 bits per heavy atom. The molecule has 6 nitrogen and oxygen atoms in total. The molecule has 0 bridgehead atoms. The van der Waals surface area contributed by atoms with E-state index in [2.05, 4.69) is 9.97 Å². The number of nitrogens with zero attached hydrogens (tertiary/aromatic N) is 4. The second-order valence-electron chi connectivity index (χ2n) is 11.6. The summed E-state index contributed by atoms with van der Waals surface area (Å²) < 4.78 is 73.5. The summed E-state index contributed by atoms with van der Waals surface area (Å²) in [6.07, 6.45) is -1.27. The molecular formula is C31H28F5N5O. The number of aliphatic hydroxyl groups is 1. The van der Waals surface area contributed by atoms with E-state index in [9.17, 15) is 18.3 Å². The van der Waals surface area contributed by atoms with Crippen molar-refractivity contribution in [3.05, 3.63) is 99.3 Å². The zero-order chi connectivity index (χ0) is 29.8. The largest absolute Gasteiger partial charge is 0.417 e. The number of hydrogen-bond donors (Lipinski definition) is 2. The Morgan fingerprint density at radius 2 is 1.93 bits per heavy atom. The highest BCUT2D eigenvalue weighted by Gasteiger charge is 2.56. The lowest BCUT2D eigenvalue weighted by Crippen LogP contribution is -2.45. The van der Waals surface area contributed by atoms with Gasteiger partial charge in [0.2, 0.25) is 0 Å². The summed E-state index contributed by atoms with van der Waals surface area (Å²) in [6.45, 7) is 5.62. The lowest BCUT2D eigenvalue weighted by Gasteiger charge is -2.47. The number of halogens is 5. The molecule has 0 fully saturated rings. The van der Waals surface area contributed by atoms with Crippen LogP contribution in [0.15, 0.2) is 48.6 Å². The number of alkyl halides is 3. The first kappa shape index (κ1) is 26.9. The number of aromatic nitrogens is 4. The maximum absolute atomic E-state index is 17.0. The summed E-state index contributed by atoms with van der Waals surface area (Å²) in [4.78, 5) is 8.66. The van der Waals surface area contributed by atoms with Crippen molar-refractivity contribution < 1.29 is 27.1 Å². The number of aromatic amines is 1. The van der Waals surface area contributed by atoms with Gasteiger partial charge >= 0.3 is 6.18 Å². The molecule has 1 aliphatic carbocycles. The molecule has 7 rings (SSSR count). The molecule has 3 aliphatic rings. The first-order valence-electron chi connectivity index (χ1n) is 13.9. The van der Waals surface area contributed by atoms with Gasteiger partial charge in [0, 0.05) is 54.3 Å². The van der Waals surface area contributed by atoms with Crippen molar-refractivity contribution >= 4 is 11.4 Å². The van der Waals surface area contributed by atoms with Crippen molar-refractivity contribution in [3.8, 4) is 5.69 Å². The molecular weight excluding hydrogens is 553 g/mol. The Balaban J connectivity index is 1.48. The van der Waals surface area contributed by atoms with E-state index in [-0.39, 0.29) is 12.4 Å². The topological polar surface area (TPSA) is 70.0 Å². The predicted molar refractivity (Wildman–Crippen MR) is 147 cm³/mol. The molecule has 1 aromatic carbocycles. The number of fused-ring (bicyclic) bond motifs is 10. The van der Waals surface area contributed by atoms with Gasteiger partial charge in [-0.1, -0.05) is 25.1 Å². The van der Waals surface area contributed by atoms with Gasteiger partial charge in [0.05, 0.1) is 40.1 Å². The molecule has 42 heavy (non-hydrogen) atoms. The van der Waals surface area contributed by atoms with E-state index in [1.54, 1.807) is 18.0 Å². The Bertz CT molecular complexity index is 1800. The number of aliphatic hydroxyl groups excluding tert-OH is 1. The third-order valence-corrected chi connectivity index (χ3v) is 9.30. The number of H-pyrrole nitrogens is 1. The molecule has 2 aliphatic heterocycles. The summed E-state index contributed by atoms with van der Waals surface area (Å²) in [5, 5.41) is 15.5. The highest BCUT2D eigenvalue weighted by atomic mass is 19.4. The number of allylic oxidation sites excluding steroid dienone is 1. The van der Waals surface area contributed by atoms with E-state index in [0.717, 1.165) is 28.1 Å². The standard InChI is InChI=1S/C31H28F5N5O/c1-4-16-6-5-7-18-23-25(33)29(2,15-42)26-20(8-10-37-26)30(23,3)27-19-14-40(11-9-22(19)39-41(27)24(16)18)28-21(32)12-17(13-38-28)31(34,35)36/h5-8,10,12-13,37,42H,4,9,11,14-15H2,1-3H3. The number of nitrogens with one attached hydrogen (secondary N) is 1. The van der Waals surface area contributed by atoms with Crippen molar-refractivity contribution in [3.63, 3.8) is 0 Å². The van der Waals surface area contributed by atoms with Gasteiger partial charge in [0.1, 0.15) is 5.83 Å². The molecule has 0 saturated heterocycles. The first-order chi connectivity index (χ1) is 19.9. The summed E-state index contributed by atoms with van der Waals surface area (Å²) in [7, 11) is 0. The number of rotatable bonds is 3. The fourth-order valence-electron chi connectivity index (χ4n) is 7.14. The number of aryl methyl sites for hydroxylation is 1. The molecule has 2 unspecified atom stereocenters. The second-order valence-corrected chi connectivity index (χ2v) is 11.6. The minimum Gasteiger partial charge on any atom is -0.395 e. The molecule has 0 saturated carbocycles. The summed E-state index contributed by atoms with van der Waals surface area (Å²) in [5.74, 6) is -1.68. The Hall–Kier alpha value is -3.99. The highest BCUT2D eigenvalue weighted by molar-refractivity contribution is 5.91. The molecule has 218 valence electrons. The van der Waals surface area contributed by atoms with Crippen molar-refractivity contribution in [2.75, 3.05) is 18.1 Å². The van der Waals surface area contributed by atoms with Crippen LogP contribution >= 0.6 is 0 Å². The van der Waals surface area contributed by atoms with Crippen molar-refractivity contribution in [2.24, 2.45) is 0 Å². The number of hydrogen-bond acceptors (Lipinski definition) is 4. The quantitative estimate of drug-likeness (QED) is 0.285. The van der Waals surface area contributed by atoms with Crippen LogP contribution in [0.5, 0.6) is 0 Å². The van der Waals surface area contributed by atoms with Crippen LogP contribution in [0.3, 0.4) is 0 Å². The molecule has 11 heteroatoms. The predicted octanol–water partition coefficient (Wildman–Crippen LogP) is 6.14. The molecule has 0 spiro atoms. The van der Waals surface area contributed by atoms with Gasteiger partial charge in [-0.15, -0.1) is 0 Å². The summed E-state index contributed by atoms with van der Waals surface area (Å²) in [6, 6.07) is 8.13. The van der Waals surface area contributed by atoms with Gasteiger partial charge in [-0.25, -0.2) is 18.4 Å². The van der Waals surface area contributed by atoms with Gasteiger partial charge in [-0.3, -0.25) is 0 Å². The third-order valence-electron chi connectivity index (χ3n) is 9.30. The lowest BCUT2D eigenvalue weighted by atomic mass is 9.59. The average molecular weight is 582 g/mol. The van der Waals surface area contributed by atoms with Crippen LogP contribution in [0, 0.1) is 5.82 Å². The average Bonchev–Trinajstić information content (AvgIpc) is 3.62. The smallest absolute Gasteiger partial charge is 0.395 e. The molecule has 3 aromatic heterocycles. The number of para-hydroxylation sites is 1. The Labute approximate surface area is 238 Å². The molecule has 0 radical (unpaired) electrons. The van der Waals surface area contributed by atoms with E-state index in [4.69, 9.17) is 5.10 Å². The highest BCUT2D eigenvalue weighted by Crippen LogP contribution is 2.60.